The van der Waals surface area contributed by atoms with Crippen molar-refractivity contribution in [1.29, 1.82) is 0 Å². The molecule has 34 heavy (non-hydrogen) atoms. The van der Waals surface area contributed by atoms with Crippen LogP contribution in [0.4, 0.5) is 0 Å². The topological polar surface area (TPSA) is 98.0 Å². The number of hydrogen-bond donors (Lipinski definition) is 4. The molecule has 6 nitrogen and oxygen atoms in total. The lowest BCUT2D eigenvalue weighted by Crippen LogP contribution is -2.53. The molecular weight excluding hydrogens is 430 g/mol. The molecule has 0 aromatic heterocycles. The van der Waals surface area contributed by atoms with Gasteiger partial charge in [0.05, 0.1) is 26.4 Å². The van der Waals surface area contributed by atoms with Crippen LogP contribution in [0.2, 0.25) is 0 Å². The molecule has 0 atom stereocenters. The van der Waals surface area contributed by atoms with Crippen molar-refractivity contribution in [3.63, 3.8) is 0 Å². The molecule has 0 spiro atoms. The normalized spacial score (nSPS) is 11.9. The SMILES string of the molecule is O=C(O)CCCCCCCCCCCCCCCCCCCCC[N+](CCO)(CCO)CCO. The quantitative estimate of drug-likeness (QED) is 0.0840. The van der Waals surface area contributed by atoms with Gasteiger partial charge in [0.2, 0.25) is 0 Å². The van der Waals surface area contributed by atoms with Gasteiger partial charge in [-0.3, -0.25) is 4.79 Å². The van der Waals surface area contributed by atoms with Crippen LogP contribution in [0, 0.1) is 0 Å². The lowest BCUT2D eigenvalue weighted by molar-refractivity contribution is -0.929. The van der Waals surface area contributed by atoms with Crippen LogP contribution in [0.3, 0.4) is 0 Å². The Labute approximate surface area is 210 Å². The Kier molecular flexibility index (Phi) is 24.9. The van der Waals surface area contributed by atoms with Crippen molar-refractivity contribution in [2.24, 2.45) is 0 Å². The number of aliphatic carboxylic acids is 1. The maximum Gasteiger partial charge on any atom is 0.303 e. The zero-order valence-electron chi connectivity index (χ0n) is 22.2. The monoisotopic (exact) mass is 488 g/mol. The molecule has 0 saturated heterocycles. The number of nitrogens with zero attached hydrogens (tertiary/aromatic N) is 1. The molecule has 6 heteroatoms. The first kappa shape index (κ1) is 33.3. The largest absolute Gasteiger partial charge is 0.481 e. The fraction of sp³-hybridized carbons (Fsp3) is 0.964. The number of hydrogen-bond acceptors (Lipinski definition) is 4. The van der Waals surface area contributed by atoms with Crippen LogP contribution in [0.1, 0.15) is 128 Å². The maximum atomic E-state index is 10.4. The smallest absolute Gasteiger partial charge is 0.303 e. The standard InChI is InChI=1S/C28H57NO5/c30-25-22-29(23-26-31,24-27-32)21-19-17-15-13-11-9-7-5-3-1-2-4-6-8-10-12-14-16-18-20-28(33)34/h30-32H,1-27H2/p+1. The predicted molar refractivity (Wildman–Crippen MR) is 141 cm³/mol. The van der Waals surface area contributed by atoms with Crippen LogP contribution >= 0.6 is 0 Å². The van der Waals surface area contributed by atoms with E-state index in [0.717, 1.165) is 25.8 Å². The molecule has 204 valence electrons. The highest BCUT2D eigenvalue weighted by Gasteiger charge is 2.25. The molecule has 0 aromatic rings. The number of quaternary nitrogens is 1. The molecule has 0 rings (SSSR count). The second kappa shape index (κ2) is 25.4. The van der Waals surface area contributed by atoms with Crippen molar-refractivity contribution in [2.45, 2.75) is 128 Å². The Morgan fingerprint density at radius 3 is 0.941 bits per heavy atom. The first-order chi connectivity index (χ1) is 16.6. The van der Waals surface area contributed by atoms with Gasteiger partial charge >= 0.3 is 5.97 Å². The third kappa shape index (κ3) is 21.8. The fourth-order valence-electron chi connectivity index (χ4n) is 5.04. The Hall–Kier alpha value is -0.690. The van der Waals surface area contributed by atoms with Crippen molar-refractivity contribution in [3.05, 3.63) is 0 Å². The predicted octanol–water partition coefficient (Wildman–Crippen LogP) is 5.67. The van der Waals surface area contributed by atoms with E-state index >= 15 is 0 Å². The molecule has 0 unspecified atom stereocenters. The van der Waals surface area contributed by atoms with Crippen LogP contribution < -0.4 is 0 Å². The second-order valence-corrected chi connectivity index (χ2v) is 10.3. The van der Waals surface area contributed by atoms with Crippen LogP contribution in [-0.2, 0) is 4.79 Å². The van der Waals surface area contributed by atoms with Crippen molar-refractivity contribution >= 4 is 5.97 Å². The highest BCUT2D eigenvalue weighted by Crippen LogP contribution is 2.16. The zero-order valence-corrected chi connectivity index (χ0v) is 22.2. The minimum Gasteiger partial charge on any atom is -0.481 e. The Balaban J connectivity index is 3.35. The summed E-state index contributed by atoms with van der Waals surface area (Å²) in [7, 11) is 0. The van der Waals surface area contributed by atoms with E-state index in [-0.39, 0.29) is 19.8 Å². The molecule has 0 heterocycles. The van der Waals surface area contributed by atoms with E-state index in [1.54, 1.807) is 0 Å². The molecule has 4 N–H and O–H groups in total. The van der Waals surface area contributed by atoms with Crippen LogP contribution in [0.25, 0.3) is 0 Å². The summed E-state index contributed by atoms with van der Waals surface area (Å²) in [5, 5.41) is 36.6. The van der Waals surface area contributed by atoms with E-state index in [1.807, 2.05) is 0 Å². The molecule has 0 radical (unpaired) electrons. The van der Waals surface area contributed by atoms with E-state index in [9.17, 15) is 20.1 Å². The van der Waals surface area contributed by atoms with Crippen molar-refractivity contribution in [3.8, 4) is 0 Å². The first-order valence-corrected chi connectivity index (χ1v) is 14.5. The van der Waals surface area contributed by atoms with E-state index in [2.05, 4.69) is 0 Å². The molecule has 0 amide bonds. The number of aliphatic hydroxyl groups excluding tert-OH is 3. The number of carboxylic acid groups (broad SMARTS) is 1. The summed E-state index contributed by atoms with van der Waals surface area (Å²) < 4.78 is 0.639. The molecule has 0 aliphatic rings. The highest BCUT2D eigenvalue weighted by atomic mass is 16.4. The fourth-order valence-corrected chi connectivity index (χ4v) is 5.04. The van der Waals surface area contributed by atoms with Crippen molar-refractivity contribution < 1.29 is 29.7 Å². The van der Waals surface area contributed by atoms with E-state index in [4.69, 9.17) is 5.11 Å². The van der Waals surface area contributed by atoms with Gasteiger partial charge in [-0.1, -0.05) is 103 Å². The van der Waals surface area contributed by atoms with E-state index in [1.165, 1.54) is 103 Å². The highest BCUT2D eigenvalue weighted by molar-refractivity contribution is 5.66. The average Bonchev–Trinajstić information content (AvgIpc) is 2.80. The maximum absolute atomic E-state index is 10.4. The van der Waals surface area contributed by atoms with Crippen molar-refractivity contribution in [2.75, 3.05) is 46.0 Å². The van der Waals surface area contributed by atoms with Crippen LogP contribution in [0.15, 0.2) is 0 Å². The Morgan fingerprint density at radius 2 is 0.676 bits per heavy atom. The van der Waals surface area contributed by atoms with Gasteiger partial charge in [-0.25, -0.2) is 0 Å². The third-order valence-corrected chi connectivity index (χ3v) is 7.25. The summed E-state index contributed by atoms with van der Waals surface area (Å²) in [6, 6.07) is 0. The summed E-state index contributed by atoms with van der Waals surface area (Å²) in [5.41, 5.74) is 0. The Bertz CT molecular complexity index is 416. The minimum absolute atomic E-state index is 0.110. The molecule has 0 saturated carbocycles. The average molecular weight is 489 g/mol. The Morgan fingerprint density at radius 1 is 0.412 bits per heavy atom. The van der Waals surface area contributed by atoms with Gasteiger partial charge in [0.1, 0.15) is 19.6 Å². The van der Waals surface area contributed by atoms with Gasteiger partial charge < -0.3 is 24.9 Å². The minimum atomic E-state index is -0.667. The second-order valence-electron chi connectivity index (χ2n) is 10.3. The van der Waals surface area contributed by atoms with Gasteiger partial charge in [-0.2, -0.15) is 0 Å². The molecule has 0 aliphatic heterocycles. The zero-order chi connectivity index (χ0) is 25.2. The van der Waals surface area contributed by atoms with Gasteiger partial charge in [0.15, 0.2) is 0 Å². The number of carbonyl (C=O) groups is 1. The third-order valence-electron chi connectivity index (χ3n) is 7.25. The summed E-state index contributed by atoms with van der Waals surface area (Å²) in [4.78, 5) is 10.4. The van der Waals surface area contributed by atoms with Gasteiger partial charge in [0.25, 0.3) is 0 Å². The number of carboxylic acids is 1. The van der Waals surface area contributed by atoms with Gasteiger partial charge in [-0.15, -0.1) is 0 Å². The van der Waals surface area contributed by atoms with Crippen LogP contribution in [0.5, 0.6) is 0 Å². The molecule has 0 aliphatic carbocycles. The lowest BCUT2D eigenvalue weighted by Gasteiger charge is -2.37. The number of unbranched alkanes of at least 4 members (excludes halogenated alkanes) is 18. The van der Waals surface area contributed by atoms with Crippen LogP contribution in [-0.4, -0.2) is 76.9 Å². The summed E-state index contributed by atoms with van der Waals surface area (Å²) in [5.74, 6) is -0.667. The van der Waals surface area contributed by atoms with Gasteiger partial charge in [-0.05, 0) is 19.3 Å². The van der Waals surface area contributed by atoms with E-state index < -0.39 is 5.97 Å². The first-order valence-electron chi connectivity index (χ1n) is 14.5. The molecule has 0 bridgehead atoms. The number of rotatable bonds is 28. The molecule has 0 fully saturated rings. The summed E-state index contributed by atoms with van der Waals surface area (Å²) in [6.45, 7) is 3.14. The lowest BCUT2D eigenvalue weighted by atomic mass is 10.0. The molecule has 0 aromatic carbocycles. The van der Waals surface area contributed by atoms with Gasteiger partial charge in [0, 0.05) is 6.42 Å². The van der Waals surface area contributed by atoms with E-state index in [0.29, 0.717) is 30.5 Å². The summed E-state index contributed by atoms with van der Waals surface area (Å²) in [6.07, 6.45) is 24.5. The van der Waals surface area contributed by atoms with Crippen molar-refractivity contribution in [1.82, 2.24) is 0 Å². The number of aliphatic hydroxyl groups is 3. The summed E-state index contributed by atoms with van der Waals surface area (Å²) >= 11 is 0. The molecular formula is C28H58NO5+.